The Morgan fingerprint density at radius 3 is 2.48 bits per heavy atom. The number of hydrogen-bond acceptors (Lipinski definition) is 6. The van der Waals surface area contributed by atoms with Crippen molar-refractivity contribution >= 4 is 21.7 Å². The molecule has 27 heavy (non-hydrogen) atoms. The quantitative estimate of drug-likeness (QED) is 0.676. The molecule has 0 amide bonds. The standard InChI is InChI=1S/C20H19BrO6/c1-24-18-9-15(16(21)10-19(18)25-2)17-7-6-12(20(23)27-17)11-26-14-5-3-4-13(22)8-14/h6-10H,3-5,11H2,1-2H3. The Kier molecular flexibility index (Phi) is 6.01. The van der Waals surface area contributed by atoms with Crippen molar-refractivity contribution in [2.75, 3.05) is 14.2 Å². The molecule has 0 radical (unpaired) electrons. The van der Waals surface area contributed by atoms with E-state index in [1.54, 1.807) is 31.4 Å². The van der Waals surface area contributed by atoms with Gasteiger partial charge in [-0.05, 0) is 46.6 Å². The summed E-state index contributed by atoms with van der Waals surface area (Å²) in [5.41, 5.74) is 0.559. The second-order valence-corrected chi connectivity index (χ2v) is 6.87. The van der Waals surface area contributed by atoms with Gasteiger partial charge in [-0.15, -0.1) is 0 Å². The van der Waals surface area contributed by atoms with Crippen LogP contribution in [0.15, 0.2) is 49.8 Å². The van der Waals surface area contributed by atoms with Crippen molar-refractivity contribution in [1.82, 2.24) is 0 Å². The van der Waals surface area contributed by atoms with Crippen LogP contribution in [0.2, 0.25) is 0 Å². The topological polar surface area (TPSA) is 75.0 Å². The summed E-state index contributed by atoms with van der Waals surface area (Å²) >= 11 is 3.46. The third-order valence-corrected chi connectivity index (χ3v) is 4.88. The summed E-state index contributed by atoms with van der Waals surface area (Å²) in [6.07, 6.45) is 3.52. The first kappa shape index (κ1) is 19.2. The van der Waals surface area contributed by atoms with Crippen molar-refractivity contribution in [3.63, 3.8) is 0 Å². The van der Waals surface area contributed by atoms with Crippen molar-refractivity contribution in [1.29, 1.82) is 0 Å². The number of benzene rings is 1. The van der Waals surface area contributed by atoms with Crippen LogP contribution in [0, 0.1) is 0 Å². The van der Waals surface area contributed by atoms with Gasteiger partial charge in [0.2, 0.25) is 0 Å². The molecule has 0 aliphatic heterocycles. The SMILES string of the molecule is COc1cc(Br)c(-c2ccc(COC3=CC(=O)CCC3)c(=O)o2)cc1OC. The molecule has 6 nitrogen and oxygen atoms in total. The zero-order valence-corrected chi connectivity index (χ0v) is 16.6. The van der Waals surface area contributed by atoms with Gasteiger partial charge in [0, 0.05) is 29.0 Å². The number of rotatable bonds is 6. The average molecular weight is 435 g/mol. The third kappa shape index (κ3) is 4.42. The highest BCUT2D eigenvalue weighted by molar-refractivity contribution is 9.10. The molecule has 3 rings (SSSR count). The summed E-state index contributed by atoms with van der Waals surface area (Å²) in [4.78, 5) is 23.8. The normalized spacial score (nSPS) is 13.9. The fourth-order valence-electron chi connectivity index (χ4n) is 2.78. The van der Waals surface area contributed by atoms with Gasteiger partial charge in [-0.2, -0.15) is 0 Å². The molecule has 0 saturated heterocycles. The molecular formula is C20H19BrO6. The molecule has 0 N–H and O–H groups in total. The molecule has 1 heterocycles. The summed E-state index contributed by atoms with van der Waals surface area (Å²) in [5, 5.41) is 0. The van der Waals surface area contributed by atoms with Gasteiger partial charge in [0.05, 0.1) is 19.8 Å². The predicted molar refractivity (Wildman–Crippen MR) is 103 cm³/mol. The van der Waals surface area contributed by atoms with Crippen LogP contribution in [-0.2, 0) is 16.1 Å². The first-order chi connectivity index (χ1) is 13.0. The Hall–Kier alpha value is -2.54. The minimum atomic E-state index is -0.489. The maximum atomic E-state index is 12.3. The lowest BCUT2D eigenvalue weighted by Crippen LogP contribution is -2.11. The number of allylic oxidation sites excluding steroid dienone is 2. The van der Waals surface area contributed by atoms with E-state index in [1.807, 2.05) is 0 Å². The minimum absolute atomic E-state index is 0.0527. The van der Waals surface area contributed by atoms with E-state index in [-0.39, 0.29) is 12.4 Å². The van der Waals surface area contributed by atoms with E-state index in [0.717, 1.165) is 6.42 Å². The maximum absolute atomic E-state index is 12.3. The first-order valence-corrected chi connectivity index (χ1v) is 9.22. The average Bonchev–Trinajstić information content (AvgIpc) is 2.66. The van der Waals surface area contributed by atoms with Crippen molar-refractivity contribution < 1.29 is 23.4 Å². The fraction of sp³-hybridized carbons (Fsp3) is 0.300. The van der Waals surface area contributed by atoms with Crippen LogP contribution in [-0.4, -0.2) is 20.0 Å². The van der Waals surface area contributed by atoms with Crippen molar-refractivity contribution in [2.45, 2.75) is 25.9 Å². The predicted octanol–water partition coefficient (Wildman–Crippen LogP) is 4.24. The number of methoxy groups -OCH3 is 2. The molecule has 1 aliphatic carbocycles. The Bertz CT molecular complexity index is 944. The molecule has 0 atom stereocenters. The van der Waals surface area contributed by atoms with Crippen LogP contribution in [0.5, 0.6) is 11.5 Å². The smallest absolute Gasteiger partial charge is 0.342 e. The molecular weight excluding hydrogens is 416 g/mol. The molecule has 2 aromatic rings. The second kappa shape index (κ2) is 8.43. The number of carbonyl (C=O) groups is 1. The van der Waals surface area contributed by atoms with E-state index in [1.165, 1.54) is 13.2 Å². The molecule has 0 spiro atoms. The Labute approximate surface area is 164 Å². The highest BCUT2D eigenvalue weighted by Gasteiger charge is 2.15. The van der Waals surface area contributed by atoms with E-state index < -0.39 is 5.63 Å². The summed E-state index contributed by atoms with van der Waals surface area (Å²) in [5.74, 6) is 2.15. The van der Waals surface area contributed by atoms with E-state index in [4.69, 9.17) is 18.6 Å². The third-order valence-electron chi connectivity index (χ3n) is 4.22. The van der Waals surface area contributed by atoms with Crippen LogP contribution in [0.3, 0.4) is 0 Å². The lowest BCUT2D eigenvalue weighted by Gasteiger charge is -2.14. The van der Waals surface area contributed by atoms with Gasteiger partial charge >= 0.3 is 5.63 Å². The van der Waals surface area contributed by atoms with Crippen LogP contribution < -0.4 is 15.1 Å². The van der Waals surface area contributed by atoms with Crippen molar-refractivity contribution in [3.05, 3.63) is 56.6 Å². The summed E-state index contributed by atoms with van der Waals surface area (Å²) in [7, 11) is 3.09. The second-order valence-electron chi connectivity index (χ2n) is 6.02. The van der Waals surface area contributed by atoms with Gasteiger partial charge in [0.15, 0.2) is 17.3 Å². The van der Waals surface area contributed by atoms with Gasteiger partial charge in [-0.25, -0.2) is 4.79 Å². The minimum Gasteiger partial charge on any atom is -0.493 e. The monoisotopic (exact) mass is 434 g/mol. The lowest BCUT2D eigenvalue weighted by atomic mass is 10.1. The number of ether oxygens (including phenoxy) is 3. The summed E-state index contributed by atoms with van der Waals surface area (Å²) < 4.78 is 22.3. The van der Waals surface area contributed by atoms with Crippen LogP contribution in [0.1, 0.15) is 24.8 Å². The molecule has 1 aromatic carbocycles. The summed E-state index contributed by atoms with van der Waals surface area (Å²) in [6.45, 7) is 0.0643. The first-order valence-electron chi connectivity index (χ1n) is 8.43. The molecule has 1 aromatic heterocycles. The fourth-order valence-corrected chi connectivity index (χ4v) is 3.30. The molecule has 142 valence electrons. The van der Waals surface area contributed by atoms with Crippen LogP contribution >= 0.6 is 15.9 Å². The van der Waals surface area contributed by atoms with Crippen LogP contribution in [0.4, 0.5) is 0 Å². The number of halogens is 1. The zero-order chi connectivity index (χ0) is 19.4. The molecule has 0 bridgehead atoms. The Morgan fingerprint density at radius 2 is 1.81 bits per heavy atom. The highest BCUT2D eigenvalue weighted by Crippen LogP contribution is 2.38. The van der Waals surface area contributed by atoms with Gasteiger partial charge in [0.1, 0.15) is 18.1 Å². The Balaban J connectivity index is 1.83. The Morgan fingerprint density at radius 1 is 1.07 bits per heavy atom. The highest BCUT2D eigenvalue weighted by atomic mass is 79.9. The van der Waals surface area contributed by atoms with Gasteiger partial charge in [-0.1, -0.05) is 0 Å². The van der Waals surface area contributed by atoms with Gasteiger partial charge < -0.3 is 18.6 Å². The van der Waals surface area contributed by atoms with Crippen molar-refractivity contribution in [3.8, 4) is 22.8 Å². The van der Waals surface area contributed by atoms with Crippen LogP contribution in [0.25, 0.3) is 11.3 Å². The largest absolute Gasteiger partial charge is 0.493 e. The number of ketones is 1. The molecule has 0 saturated carbocycles. The number of hydrogen-bond donors (Lipinski definition) is 0. The molecule has 0 unspecified atom stereocenters. The van der Waals surface area contributed by atoms with Gasteiger partial charge in [0.25, 0.3) is 0 Å². The summed E-state index contributed by atoms with van der Waals surface area (Å²) in [6, 6.07) is 6.84. The van der Waals surface area contributed by atoms with Gasteiger partial charge in [-0.3, -0.25) is 4.79 Å². The molecule has 7 heteroatoms. The lowest BCUT2D eigenvalue weighted by molar-refractivity contribution is -0.115. The number of carbonyl (C=O) groups excluding carboxylic acids is 1. The zero-order valence-electron chi connectivity index (χ0n) is 15.0. The van der Waals surface area contributed by atoms with E-state index in [2.05, 4.69) is 15.9 Å². The van der Waals surface area contributed by atoms with E-state index in [0.29, 0.717) is 51.5 Å². The molecule has 1 aliphatic rings. The van der Waals surface area contributed by atoms with E-state index >= 15 is 0 Å². The molecule has 0 fully saturated rings. The van der Waals surface area contributed by atoms with Crippen molar-refractivity contribution in [2.24, 2.45) is 0 Å². The van der Waals surface area contributed by atoms with E-state index in [9.17, 15) is 9.59 Å². The maximum Gasteiger partial charge on any atom is 0.342 e.